The van der Waals surface area contributed by atoms with Crippen molar-refractivity contribution in [3.8, 4) is 0 Å². The highest BCUT2D eigenvalue weighted by Gasteiger charge is 3.00. The number of methoxy groups -OCH3 is 1. The summed E-state index contributed by atoms with van der Waals surface area (Å²) in [6, 6.07) is 0. The van der Waals surface area contributed by atoms with Crippen molar-refractivity contribution in [3.63, 3.8) is 0 Å². The second kappa shape index (κ2) is 6.08. The second-order valence-corrected chi connectivity index (χ2v) is 11.1. The maximum Gasteiger partial charge on any atom is 0.334 e. The topological polar surface area (TPSA) is 99.4 Å². The summed E-state index contributed by atoms with van der Waals surface area (Å²) in [5.74, 6) is -0.137. The molecule has 5 fully saturated rings. The van der Waals surface area contributed by atoms with E-state index in [1.165, 1.54) is 13.2 Å². The molecule has 7 aliphatic rings. The number of carbonyl (C=O) groups is 2. The molecule has 0 aromatic carbocycles. The van der Waals surface area contributed by atoms with E-state index in [0.717, 1.165) is 24.0 Å². The van der Waals surface area contributed by atoms with Crippen LogP contribution in [0.2, 0.25) is 0 Å². The van der Waals surface area contributed by atoms with Crippen LogP contribution in [0.25, 0.3) is 0 Å². The SMILES string of the molecule is COC(=O)/C=C\CO[C@@H]1[C@@]2(C(C)C)O[C@H]2[C@@H]2O[C@]23[C@]12O[C@H]2C[C@H]1C2=C(CC[C@@]13C)C(=O)OC2. The number of cyclic esters (lactones) is 1. The van der Waals surface area contributed by atoms with Gasteiger partial charge in [0.15, 0.2) is 5.60 Å². The second-order valence-electron chi connectivity index (χ2n) is 11.1. The van der Waals surface area contributed by atoms with Crippen LogP contribution in [-0.2, 0) is 38.0 Å². The fourth-order valence-corrected chi connectivity index (χ4v) is 8.28. The number of rotatable bonds is 5. The van der Waals surface area contributed by atoms with Crippen LogP contribution < -0.4 is 0 Å². The molecule has 9 atom stereocenters. The summed E-state index contributed by atoms with van der Waals surface area (Å²) >= 11 is 0. The van der Waals surface area contributed by atoms with Crippen molar-refractivity contribution in [2.75, 3.05) is 20.3 Å². The first-order valence-electron chi connectivity index (χ1n) is 12.1. The fraction of sp³-hybridized carbons (Fsp3) is 0.760. The largest absolute Gasteiger partial charge is 0.466 e. The molecule has 2 spiro atoms. The van der Waals surface area contributed by atoms with Crippen molar-refractivity contribution in [1.29, 1.82) is 0 Å². The number of epoxide rings is 3. The predicted molar refractivity (Wildman–Crippen MR) is 112 cm³/mol. The number of ether oxygens (including phenoxy) is 6. The first-order valence-corrected chi connectivity index (χ1v) is 12.1. The van der Waals surface area contributed by atoms with Crippen LogP contribution in [0.1, 0.15) is 40.0 Å². The molecule has 4 heterocycles. The third-order valence-electron chi connectivity index (χ3n) is 9.88. The highest BCUT2D eigenvalue weighted by molar-refractivity contribution is 5.92. The smallest absolute Gasteiger partial charge is 0.334 e. The Labute approximate surface area is 192 Å². The van der Waals surface area contributed by atoms with E-state index in [1.54, 1.807) is 6.08 Å². The van der Waals surface area contributed by atoms with E-state index in [1.807, 2.05) is 0 Å². The Morgan fingerprint density at radius 2 is 2.06 bits per heavy atom. The molecule has 8 heteroatoms. The summed E-state index contributed by atoms with van der Waals surface area (Å²) in [4.78, 5) is 23.8. The standard InChI is InChI=1S/C25H30O8/c1-12(2)23-18(32-23)19-25(33-19)22(3)8-7-13-14(11-30-20(13)27)15(22)10-16-24(25,31-16)21(23)29-9-5-6-17(26)28-4/h5-6,12,15-16,18-19,21H,7-11H2,1-4H3/b6-5-/t15-,16-,18-,19-,21+,22-,23-,24+,25+/m0/s1. The van der Waals surface area contributed by atoms with Gasteiger partial charge in [0.25, 0.3) is 0 Å². The monoisotopic (exact) mass is 458 g/mol. The number of carbonyl (C=O) groups excluding carboxylic acids is 2. The average Bonchev–Trinajstić information content (AvgIpc) is 3.68. The Morgan fingerprint density at radius 3 is 2.82 bits per heavy atom. The van der Waals surface area contributed by atoms with Crippen LogP contribution in [0.5, 0.6) is 0 Å². The summed E-state index contributed by atoms with van der Waals surface area (Å²) in [7, 11) is 1.36. The summed E-state index contributed by atoms with van der Waals surface area (Å²) in [6.07, 6.45) is 5.11. The molecule has 0 aromatic heterocycles. The van der Waals surface area contributed by atoms with E-state index in [0.29, 0.717) is 13.0 Å². The normalized spacial score (nSPS) is 52.3. The Hall–Kier alpha value is -1.74. The molecule has 4 aliphatic heterocycles. The quantitative estimate of drug-likeness (QED) is 0.350. The number of hydrogen-bond donors (Lipinski definition) is 0. The fourth-order valence-electron chi connectivity index (χ4n) is 8.28. The molecular weight excluding hydrogens is 428 g/mol. The van der Waals surface area contributed by atoms with Crippen LogP contribution in [-0.4, -0.2) is 73.5 Å². The van der Waals surface area contributed by atoms with E-state index < -0.39 is 22.8 Å². The zero-order chi connectivity index (χ0) is 23.0. The minimum atomic E-state index is -0.569. The van der Waals surface area contributed by atoms with Gasteiger partial charge in [0.05, 0.1) is 19.8 Å². The molecule has 3 saturated heterocycles. The molecule has 3 aliphatic carbocycles. The van der Waals surface area contributed by atoms with Crippen molar-refractivity contribution in [2.45, 2.75) is 81.3 Å². The summed E-state index contributed by atoms with van der Waals surface area (Å²) in [5, 5.41) is 0. The van der Waals surface area contributed by atoms with Gasteiger partial charge < -0.3 is 28.4 Å². The van der Waals surface area contributed by atoms with Gasteiger partial charge in [0.1, 0.15) is 36.1 Å². The first-order chi connectivity index (χ1) is 15.8. The Kier molecular flexibility index (Phi) is 3.80. The molecule has 7 rings (SSSR count). The van der Waals surface area contributed by atoms with E-state index in [-0.39, 0.29) is 54.2 Å². The lowest BCUT2D eigenvalue weighted by Crippen LogP contribution is -2.69. The molecule has 0 N–H and O–H groups in total. The first kappa shape index (κ1) is 20.6. The molecule has 0 aromatic rings. The van der Waals surface area contributed by atoms with Crippen LogP contribution in [0, 0.1) is 17.3 Å². The lowest BCUT2D eigenvalue weighted by Gasteiger charge is -2.54. The van der Waals surface area contributed by atoms with Gasteiger partial charge in [-0.2, -0.15) is 0 Å². The minimum Gasteiger partial charge on any atom is -0.466 e. The zero-order valence-electron chi connectivity index (χ0n) is 19.4. The maximum atomic E-state index is 12.3. The highest BCUT2D eigenvalue weighted by Crippen LogP contribution is 2.83. The van der Waals surface area contributed by atoms with Crippen LogP contribution in [0.4, 0.5) is 0 Å². The van der Waals surface area contributed by atoms with E-state index >= 15 is 0 Å². The molecule has 8 nitrogen and oxygen atoms in total. The summed E-state index contributed by atoms with van der Waals surface area (Å²) in [6.45, 7) is 7.29. The van der Waals surface area contributed by atoms with Crippen molar-refractivity contribution in [1.82, 2.24) is 0 Å². The summed E-state index contributed by atoms with van der Waals surface area (Å²) < 4.78 is 36.4. The van der Waals surface area contributed by atoms with Crippen molar-refractivity contribution < 1.29 is 38.0 Å². The van der Waals surface area contributed by atoms with Gasteiger partial charge in [-0.15, -0.1) is 0 Å². The Balaban J connectivity index is 1.27. The van der Waals surface area contributed by atoms with Gasteiger partial charge in [0.2, 0.25) is 0 Å². The van der Waals surface area contributed by atoms with Gasteiger partial charge >= 0.3 is 11.9 Å². The van der Waals surface area contributed by atoms with Gasteiger partial charge in [-0.1, -0.05) is 26.8 Å². The molecular formula is C25H30O8. The van der Waals surface area contributed by atoms with Crippen LogP contribution >= 0.6 is 0 Å². The zero-order valence-corrected chi connectivity index (χ0v) is 19.4. The summed E-state index contributed by atoms with van der Waals surface area (Å²) in [5.41, 5.74) is 0.324. The minimum absolute atomic E-state index is 0.0153. The van der Waals surface area contributed by atoms with E-state index in [9.17, 15) is 9.59 Å². The van der Waals surface area contributed by atoms with E-state index in [2.05, 4.69) is 20.8 Å². The van der Waals surface area contributed by atoms with Gasteiger partial charge in [-0.25, -0.2) is 9.59 Å². The van der Waals surface area contributed by atoms with Gasteiger partial charge in [-0.05, 0) is 36.7 Å². The molecule has 0 unspecified atom stereocenters. The van der Waals surface area contributed by atoms with Crippen molar-refractivity contribution >= 4 is 11.9 Å². The average molecular weight is 459 g/mol. The Morgan fingerprint density at radius 1 is 1.24 bits per heavy atom. The van der Waals surface area contributed by atoms with Gasteiger partial charge in [0, 0.05) is 17.1 Å². The number of esters is 2. The van der Waals surface area contributed by atoms with Crippen LogP contribution in [0.3, 0.4) is 0 Å². The lowest BCUT2D eigenvalue weighted by atomic mass is 9.46. The third-order valence-corrected chi connectivity index (χ3v) is 9.88. The van der Waals surface area contributed by atoms with Crippen LogP contribution in [0.15, 0.2) is 23.3 Å². The molecule has 0 amide bonds. The third kappa shape index (κ3) is 2.10. The van der Waals surface area contributed by atoms with E-state index in [4.69, 9.17) is 28.4 Å². The van der Waals surface area contributed by atoms with Crippen molar-refractivity contribution in [3.05, 3.63) is 23.3 Å². The molecule has 178 valence electrons. The maximum absolute atomic E-state index is 12.3. The lowest BCUT2D eigenvalue weighted by molar-refractivity contribution is -0.136. The Bertz CT molecular complexity index is 1030. The molecule has 0 radical (unpaired) electrons. The van der Waals surface area contributed by atoms with Crippen molar-refractivity contribution in [2.24, 2.45) is 17.3 Å². The molecule has 33 heavy (non-hydrogen) atoms. The highest BCUT2D eigenvalue weighted by atomic mass is 16.8. The predicted octanol–water partition coefficient (Wildman–Crippen LogP) is 1.86. The van der Waals surface area contributed by atoms with Gasteiger partial charge in [-0.3, -0.25) is 0 Å². The molecule has 2 saturated carbocycles. The molecule has 0 bridgehead atoms. The number of hydrogen-bond acceptors (Lipinski definition) is 8. The number of fused-ring (bicyclic) bond motifs is 4.